The average Bonchev–Trinajstić information content (AvgIpc) is 3.05. The number of ether oxygens (including phenoxy) is 1. The first-order chi connectivity index (χ1) is 12.1. The number of carbonyl (C=O) groups is 2. The van der Waals surface area contributed by atoms with Gasteiger partial charge in [-0.2, -0.15) is 0 Å². The fourth-order valence-electron chi connectivity index (χ4n) is 2.90. The van der Waals surface area contributed by atoms with E-state index in [0.29, 0.717) is 18.0 Å². The van der Waals surface area contributed by atoms with Crippen LogP contribution in [0.5, 0.6) is 5.75 Å². The SMILES string of the molecule is COc1ccc(NC(=O)NC(C)C(=O)N2CCc3ccccc32)cc1. The first-order valence-electron chi connectivity index (χ1n) is 8.19. The van der Waals surface area contributed by atoms with Crippen molar-refractivity contribution in [2.24, 2.45) is 0 Å². The van der Waals surface area contributed by atoms with Crippen molar-refractivity contribution in [2.45, 2.75) is 19.4 Å². The van der Waals surface area contributed by atoms with E-state index in [-0.39, 0.29) is 5.91 Å². The topological polar surface area (TPSA) is 70.7 Å². The number of hydrogen-bond donors (Lipinski definition) is 2. The summed E-state index contributed by atoms with van der Waals surface area (Å²) in [4.78, 5) is 26.5. The van der Waals surface area contributed by atoms with Gasteiger partial charge in [0.15, 0.2) is 0 Å². The van der Waals surface area contributed by atoms with Crippen LogP contribution in [-0.4, -0.2) is 31.6 Å². The number of urea groups is 1. The van der Waals surface area contributed by atoms with Crippen LogP contribution in [0.2, 0.25) is 0 Å². The highest BCUT2D eigenvalue weighted by Gasteiger charge is 2.28. The van der Waals surface area contributed by atoms with Crippen LogP contribution in [0.3, 0.4) is 0 Å². The zero-order valence-corrected chi connectivity index (χ0v) is 14.3. The van der Waals surface area contributed by atoms with Gasteiger partial charge in [0, 0.05) is 17.9 Å². The summed E-state index contributed by atoms with van der Waals surface area (Å²) in [5, 5.41) is 5.40. The number of rotatable bonds is 4. The number of benzene rings is 2. The number of anilines is 2. The van der Waals surface area contributed by atoms with E-state index in [2.05, 4.69) is 10.6 Å². The number of nitrogens with one attached hydrogen (secondary N) is 2. The summed E-state index contributed by atoms with van der Waals surface area (Å²) in [6.45, 7) is 2.33. The van der Waals surface area contributed by atoms with Crippen molar-refractivity contribution in [1.82, 2.24) is 5.32 Å². The van der Waals surface area contributed by atoms with Gasteiger partial charge in [-0.25, -0.2) is 4.79 Å². The lowest BCUT2D eigenvalue weighted by atomic mass is 10.2. The molecule has 1 unspecified atom stereocenters. The van der Waals surface area contributed by atoms with Gasteiger partial charge in [0.2, 0.25) is 5.91 Å². The average molecular weight is 339 g/mol. The van der Waals surface area contributed by atoms with Crippen LogP contribution >= 0.6 is 0 Å². The monoisotopic (exact) mass is 339 g/mol. The Labute approximate surface area is 146 Å². The number of hydrogen-bond acceptors (Lipinski definition) is 3. The normalized spacial score (nSPS) is 13.8. The molecule has 2 N–H and O–H groups in total. The quantitative estimate of drug-likeness (QED) is 0.900. The molecule has 130 valence electrons. The molecule has 2 aromatic rings. The van der Waals surface area contributed by atoms with Gasteiger partial charge < -0.3 is 20.3 Å². The fourth-order valence-corrected chi connectivity index (χ4v) is 2.90. The number of carbonyl (C=O) groups excluding carboxylic acids is 2. The molecule has 3 amide bonds. The molecule has 2 aromatic carbocycles. The zero-order chi connectivity index (χ0) is 17.8. The van der Waals surface area contributed by atoms with Crippen molar-refractivity contribution in [3.8, 4) is 5.75 Å². The third-order valence-electron chi connectivity index (χ3n) is 4.22. The molecule has 0 bridgehead atoms. The summed E-state index contributed by atoms with van der Waals surface area (Å²) in [5.41, 5.74) is 2.71. The van der Waals surface area contributed by atoms with Crippen LogP contribution < -0.4 is 20.3 Å². The van der Waals surface area contributed by atoms with Crippen LogP contribution in [0.15, 0.2) is 48.5 Å². The van der Waals surface area contributed by atoms with E-state index in [0.717, 1.165) is 17.7 Å². The first kappa shape index (κ1) is 16.8. The molecule has 0 aliphatic carbocycles. The van der Waals surface area contributed by atoms with Gasteiger partial charge in [0.05, 0.1) is 7.11 Å². The van der Waals surface area contributed by atoms with E-state index in [4.69, 9.17) is 4.74 Å². The second-order valence-electron chi connectivity index (χ2n) is 5.92. The number of para-hydroxylation sites is 1. The van der Waals surface area contributed by atoms with Crippen molar-refractivity contribution in [1.29, 1.82) is 0 Å². The van der Waals surface area contributed by atoms with Crippen molar-refractivity contribution in [3.05, 3.63) is 54.1 Å². The molecule has 1 heterocycles. The molecular formula is C19H21N3O3. The van der Waals surface area contributed by atoms with Crippen LogP contribution in [0, 0.1) is 0 Å². The molecule has 0 radical (unpaired) electrons. The molecule has 0 fully saturated rings. The maximum Gasteiger partial charge on any atom is 0.319 e. The zero-order valence-electron chi connectivity index (χ0n) is 14.3. The lowest BCUT2D eigenvalue weighted by Gasteiger charge is -2.22. The number of methoxy groups -OCH3 is 1. The Hall–Kier alpha value is -3.02. The lowest BCUT2D eigenvalue weighted by molar-refractivity contribution is -0.119. The van der Waals surface area contributed by atoms with Gasteiger partial charge in [-0.15, -0.1) is 0 Å². The fraction of sp³-hybridized carbons (Fsp3) is 0.263. The van der Waals surface area contributed by atoms with Crippen molar-refractivity contribution in [3.63, 3.8) is 0 Å². The summed E-state index contributed by atoms with van der Waals surface area (Å²) in [6.07, 6.45) is 0.840. The first-order valence-corrected chi connectivity index (χ1v) is 8.19. The second-order valence-corrected chi connectivity index (χ2v) is 5.92. The maximum atomic E-state index is 12.6. The Bertz CT molecular complexity index is 774. The highest BCUT2D eigenvalue weighted by atomic mass is 16.5. The third kappa shape index (κ3) is 3.74. The van der Waals surface area contributed by atoms with E-state index in [1.807, 2.05) is 24.3 Å². The molecule has 6 heteroatoms. The predicted octanol–water partition coefficient (Wildman–Crippen LogP) is 2.79. The van der Waals surface area contributed by atoms with E-state index >= 15 is 0 Å². The molecule has 0 saturated carbocycles. The molecular weight excluding hydrogens is 318 g/mol. The maximum absolute atomic E-state index is 12.6. The molecule has 0 aromatic heterocycles. The Balaban J connectivity index is 1.58. The highest BCUT2D eigenvalue weighted by Crippen LogP contribution is 2.27. The van der Waals surface area contributed by atoms with Gasteiger partial charge in [0.1, 0.15) is 11.8 Å². The lowest BCUT2D eigenvalue weighted by Crippen LogP contribution is -2.47. The standard InChI is InChI=1S/C19H21N3O3/c1-13(18(23)22-12-11-14-5-3-4-6-17(14)22)20-19(24)21-15-7-9-16(25-2)10-8-15/h3-10,13H,11-12H2,1-2H3,(H2,20,21,24). The predicted molar refractivity (Wildman–Crippen MR) is 97.1 cm³/mol. The van der Waals surface area contributed by atoms with Crippen LogP contribution in [0.25, 0.3) is 0 Å². The van der Waals surface area contributed by atoms with Crippen LogP contribution in [0.1, 0.15) is 12.5 Å². The largest absolute Gasteiger partial charge is 0.497 e. The van der Waals surface area contributed by atoms with Gasteiger partial charge in [-0.3, -0.25) is 4.79 Å². The molecule has 6 nitrogen and oxygen atoms in total. The van der Waals surface area contributed by atoms with Gasteiger partial charge in [0.25, 0.3) is 0 Å². The minimum atomic E-state index is -0.621. The van der Waals surface area contributed by atoms with Gasteiger partial charge in [-0.05, 0) is 49.2 Å². The van der Waals surface area contributed by atoms with Crippen molar-refractivity contribution >= 4 is 23.3 Å². The number of amides is 3. The Morgan fingerprint density at radius 2 is 1.84 bits per heavy atom. The minimum Gasteiger partial charge on any atom is -0.497 e. The van der Waals surface area contributed by atoms with Crippen molar-refractivity contribution in [2.75, 3.05) is 23.9 Å². The Morgan fingerprint density at radius 3 is 2.56 bits per heavy atom. The molecule has 1 aliphatic rings. The Morgan fingerprint density at radius 1 is 1.12 bits per heavy atom. The molecule has 0 spiro atoms. The summed E-state index contributed by atoms with van der Waals surface area (Å²) in [5.74, 6) is 0.594. The van der Waals surface area contributed by atoms with Crippen LogP contribution in [0.4, 0.5) is 16.2 Å². The van der Waals surface area contributed by atoms with E-state index < -0.39 is 12.1 Å². The molecule has 0 saturated heterocycles. The summed E-state index contributed by atoms with van der Waals surface area (Å²) < 4.78 is 5.08. The summed E-state index contributed by atoms with van der Waals surface area (Å²) in [6, 6.07) is 13.8. The number of fused-ring (bicyclic) bond motifs is 1. The van der Waals surface area contributed by atoms with Gasteiger partial charge in [-0.1, -0.05) is 18.2 Å². The highest BCUT2D eigenvalue weighted by molar-refractivity contribution is 6.01. The molecule has 25 heavy (non-hydrogen) atoms. The van der Waals surface area contributed by atoms with Gasteiger partial charge >= 0.3 is 6.03 Å². The smallest absolute Gasteiger partial charge is 0.319 e. The van der Waals surface area contributed by atoms with E-state index in [1.54, 1.807) is 43.2 Å². The molecule has 1 atom stereocenters. The Kier molecular flexibility index (Phi) is 4.88. The minimum absolute atomic E-state index is 0.116. The van der Waals surface area contributed by atoms with Crippen molar-refractivity contribution < 1.29 is 14.3 Å². The van der Waals surface area contributed by atoms with E-state index in [1.165, 1.54) is 0 Å². The molecule has 3 rings (SSSR count). The summed E-state index contributed by atoms with van der Waals surface area (Å²) >= 11 is 0. The van der Waals surface area contributed by atoms with E-state index in [9.17, 15) is 9.59 Å². The third-order valence-corrected chi connectivity index (χ3v) is 4.22. The van der Waals surface area contributed by atoms with Crippen LogP contribution in [-0.2, 0) is 11.2 Å². The summed E-state index contributed by atoms with van der Waals surface area (Å²) in [7, 11) is 1.58. The molecule has 1 aliphatic heterocycles. The number of nitrogens with zero attached hydrogens (tertiary/aromatic N) is 1. The second kappa shape index (κ2) is 7.25.